The summed E-state index contributed by atoms with van der Waals surface area (Å²) in [6.45, 7) is 5.40. The maximum Gasteiger partial charge on any atom is 0.165 e. The molecule has 3 aromatic carbocycles. The zero-order chi connectivity index (χ0) is 28.0. The van der Waals surface area contributed by atoms with E-state index in [1.54, 1.807) is 25.3 Å². The van der Waals surface area contributed by atoms with Gasteiger partial charge >= 0.3 is 0 Å². The van der Waals surface area contributed by atoms with E-state index in [9.17, 15) is 9.50 Å². The zero-order valence-electron chi connectivity index (χ0n) is 23.2. The Labute approximate surface area is 233 Å². The number of nitrogens with zero attached hydrogens (tertiary/aromatic N) is 1. The van der Waals surface area contributed by atoms with Crippen LogP contribution in [0.2, 0.25) is 0 Å². The summed E-state index contributed by atoms with van der Waals surface area (Å²) < 4.78 is 25.6. The summed E-state index contributed by atoms with van der Waals surface area (Å²) in [5.41, 5.74) is 4.75. The first kappa shape index (κ1) is 29.9. The number of aryl methyl sites for hydroxylation is 2. The van der Waals surface area contributed by atoms with Gasteiger partial charge in [0.25, 0.3) is 0 Å². The van der Waals surface area contributed by atoms with Crippen molar-refractivity contribution in [3.05, 3.63) is 83.2 Å². The molecule has 0 atom stereocenters. The van der Waals surface area contributed by atoms with Crippen LogP contribution in [-0.2, 0) is 19.4 Å². The van der Waals surface area contributed by atoms with E-state index < -0.39 is 0 Å². The van der Waals surface area contributed by atoms with Crippen LogP contribution in [0.3, 0.4) is 0 Å². The number of methoxy groups -OCH3 is 1. The predicted molar refractivity (Wildman–Crippen MR) is 157 cm³/mol. The van der Waals surface area contributed by atoms with Gasteiger partial charge in [0.1, 0.15) is 17.6 Å². The number of nitrogens with one attached hydrogen (secondary N) is 1. The standard InChI is InChI=1S/C21H27FN2O2.C10H12O.C2H2/c1-3-24(17-5-4-6-19(14-17)25-2)15-16-7-8-21(20(22)13-16)26-18-9-11-23-12-10-18;11-10-6-5-8-3-1-2-4-9(8)7-10;1-2/h4-8,13-14,18,23H,3,9-12,15H2,1-2H3;5-7,11H,1-4H2;1-2H. The van der Waals surface area contributed by atoms with Crippen LogP contribution >= 0.6 is 0 Å². The molecule has 0 amide bonds. The Morgan fingerprint density at radius 1 is 0.974 bits per heavy atom. The topological polar surface area (TPSA) is 54.0 Å². The molecule has 0 radical (unpaired) electrons. The Balaban J connectivity index is 0.000000267. The van der Waals surface area contributed by atoms with E-state index in [0.717, 1.165) is 55.9 Å². The van der Waals surface area contributed by atoms with Gasteiger partial charge in [-0.2, -0.15) is 0 Å². The van der Waals surface area contributed by atoms with E-state index in [-0.39, 0.29) is 11.9 Å². The summed E-state index contributed by atoms with van der Waals surface area (Å²) in [7, 11) is 1.66. The first-order valence-electron chi connectivity index (χ1n) is 13.7. The minimum Gasteiger partial charge on any atom is -0.508 e. The van der Waals surface area contributed by atoms with Crippen LogP contribution in [0.15, 0.2) is 60.7 Å². The fourth-order valence-corrected chi connectivity index (χ4v) is 4.96. The minimum atomic E-state index is -0.289. The maximum absolute atomic E-state index is 14.5. The summed E-state index contributed by atoms with van der Waals surface area (Å²) in [5.74, 6) is 1.29. The molecule has 5 rings (SSSR count). The highest BCUT2D eigenvalue weighted by Gasteiger charge is 2.17. The average molecular weight is 533 g/mol. The van der Waals surface area contributed by atoms with Gasteiger partial charge in [0, 0.05) is 24.8 Å². The Morgan fingerprint density at radius 3 is 2.41 bits per heavy atom. The molecule has 208 valence electrons. The van der Waals surface area contributed by atoms with E-state index in [2.05, 4.69) is 30.0 Å². The zero-order valence-corrected chi connectivity index (χ0v) is 23.2. The molecule has 6 heteroatoms. The molecule has 1 aliphatic heterocycles. The number of anilines is 1. The number of ether oxygens (including phenoxy) is 2. The van der Waals surface area contributed by atoms with Gasteiger partial charge in [-0.05, 0) is 112 Å². The molecule has 39 heavy (non-hydrogen) atoms. The van der Waals surface area contributed by atoms with E-state index in [1.165, 1.54) is 30.4 Å². The van der Waals surface area contributed by atoms with E-state index in [4.69, 9.17) is 9.47 Å². The van der Waals surface area contributed by atoms with Crippen molar-refractivity contribution < 1.29 is 19.0 Å². The fourth-order valence-electron chi connectivity index (χ4n) is 4.96. The first-order valence-corrected chi connectivity index (χ1v) is 13.7. The van der Waals surface area contributed by atoms with Gasteiger partial charge < -0.3 is 24.8 Å². The molecule has 1 heterocycles. The number of terminal acetylenes is 1. The van der Waals surface area contributed by atoms with E-state index in [0.29, 0.717) is 18.0 Å². The predicted octanol–water partition coefficient (Wildman–Crippen LogP) is 6.51. The Morgan fingerprint density at radius 2 is 1.72 bits per heavy atom. The molecule has 1 aliphatic carbocycles. The van der Waals surface area contributed by atoms with Crippen molar-refractivity contribution in [1.82, 2.24) is 5.32 Å². The molecule has 1 saturated heterocycles. The summed E-state index contributed by atoms with van der Waals surface area (Å²) in [5, 5.41) is 12.5. The molecular weight excluding hydrogens is 491 g/mol. The number of phenolic OH excluding ortho intramolecular Hbond substituents is 1. The average Bonchev–Trinajstić information content (AvgIpc) is 2.99. The molecule has 0 unspecified atom stereocenters. The van der Waals surface area contributed by atoms with Crippen molar-refractivity contribution in [3.8, 4) is 30.1 Å². The number of halogens is 1. The fraction of sp³-hybridized carbons (Fsp3) is 0.394. The van der Waals surface area contributed by atoms with Crippen LogP contribution in [-0.4, -0.2) is 38.0 Å². The lowest BCUT2D eigenvalue weighted by molar-refractivity contribution is 0.156. The second-order valence-electron chi connectivity index (χ2n) is 9.71. The number of phenols is 1. The lowest BCUT2D eigenvalue weighted by Crippen LogP contribution is -2.34. The molecule has 0 saturated carbocycles. The summed E-state index contributed by atoms with van der Waals surface area (Å²) in [4.78, 5) is 2.19. The number of hydrogen-bond donors (Lipinski definition) is 2. The van der Waals surface area contributed by atoms with Crippen LogP contribution in [0.1, 0.15) is 49.3 Å². The van der Waals surface area contributed by atoms with Crippen LogP contribution in [0.25, 0.3) is 0 Å². The van der Waals surface area contributed by atoms with Gasteiger partial charge in [-0.3, -0.25) is 0 Å². The normalized spacial score (nSPS) is 14.5. The van der Waals surface area contributed by atoms with Crippen molar-refractivity contribution in [3.63, 3.8) is 0 Å². The second-order valence-corrected chi connectivity index (χ2v) is 9.71. The lowest BCUT2D eigenvalue weighted by atomic mass is 9.92. The molecule has 0 bridgehead atoms. The third kappa shape index (κ3) is 8.94. The van der Waals surface area contributed by atoms with Crippen molar-refractivity contribution in [2.45, 2.75) is 58.1 Å². The van der Waals surface area contributed by atoms with Gasteiger partial charge in [-0.1, -0.05) is 18.2 Å². The van der Waals surface area contributed by atoms with Crippen LogP contribution in [0, 0.1) is 18.7 Å². The molecule has 0 aromatic heterocycles. The van der Waals surface area contributed by atoms with Gasteiger partial charge in [0.15, 0.2) is 11.6 Å². The number of piperidine rings is 1. The van der Waals surface area contributed by atoms with Crippen LogP contribution in [0.5, 0.6) is 17.2 Å². The molecule has 2 N–H and O–H groups in total. The highest BCUT2D eigenvalue weighted by molar-refractivity contribution is 5.51. The number of fused-ring (bicyclic) bond motifs is 1. The third-order valence-electron chi connectivity index (χ3n) is 7.08. The van der Waals surface area contributed by atoms with E-state index >= 15 is 0 Å². The van der Waals surface area contributed by atoms with Crippen molar-refractivity contribution in [1.29, 1.82) is 0 Å². The Kier molecular flexibility index (Phi) is 12.0. The van der Waals surface area contributed by atoms with Crippen molar-refractivity contribution >= 4 is 5.69 Å². The lowest BCUT2D eigenvalue weighted by Gasteiger charge is -2.25. The van der Waals surface area contributed by atoms with Gasteiger partial charge in [0.2, 0.25) is 0 Å². The van der Waals surface area contributed by atoms with Gasteiger partial charge in [-0.25, -0.2) is 4.39 Å². The smallest absolute Gasteiger partial charge is 0.165 e. The summed E-state index contributed by atoms with van der Waals surface area (Å²) in [6.07, 6.45) is 14.8. The van der Waals surface area contributed by atoms with Crippen LogP contribution < -0.4 is 19.7 Å². The summed E-state index contributed by atoms with van der Waals surface area (Å²) in [6, 6.07) is 18.9. The highest BCUT2D eigenvalue weighted by Crippen LogP contribution is 2.26. The molecule has 3 aromatic rings. The minimum absolute atomic E-state index is 0.0977. The van der Waals surface area contributed by atoms with Crippen LogP contribution in [0.4, 0.5) is 10.1 Å². The third-order valence-corrected chi connectivity index (χ3v) is 7.08. The molecule has 2 aliphatic rings. The van der Waals surface area contributed by atoms with Gasteiger partial charge in [-0.15, -0.1) is 12.8 Å². The SMILES string of the molecule is C#C.CCN(Cc1ccc(OC2CCNCC2)c(F)c1)c1cccc(OC)c1.Oc1ccc2c(c1)CCCC2. The largest absolute Gasteiger partial charge is 0.508 e. The Bertz CT molecular complexity index is 1190. The van der Waals surface area contributed by atoms with Crippen molar-refractivity contribution in [2.75, 3.05) is 31.6 Å². The number of rotatable bonds is 7. The molecule has 0 spiro atoms. The maximum atomic E-state index is 14.5. The van der Waals surface area contributed by atoms with E-state index in [1.807, 2.05) is 42.5 Å². The highest BCUT2D eigenvalue weighted by atomic mass is 19.1. The molecule has 5 nitrogen and oxygen atoms in total. The number of hydrogen-bond acceptors (Lipinski definition) is 5. The first-order chi connectivity index (χ1) is 19.1. The molecule has 1 fully saturated rings. The number of benzene rings is 3. The quantitative estimate of drug-likeness (QED) is 0.340. The Hall–Kier alpha value is -3.69. The monoisotopic (exact) mass is 532 g/mol. The summed E-state index contributed by atoms with van der Waals surface area (Å²) >= 11 is 0. The van der Waals surface area contributed by atoms with Gasteiger partial charge in [0.05, 0.1) is 7.11 Å². The second kappa shape index (κ2) is 15.7. The van der Waals surface area contributed by atoms with Crippen molar-refractivity contribution in [2.24, 2.45) is 0 Å². The number of aromatic hydroxyl groups is 1. The molecular formula is C33H41FN2O3.